The van der Waals surface area contributed by atoms with E-state index in [1.165, 1.54) is 23.9 Å². The van der Waals surface area contributed by atoms with Gasteiger partial charge in [-0.1, -0.05) is 17.8 Å². The summed E-state index contributed by atoms with van der Waals surface area (Å²) in [6.07, 6.45) is -5.76. The molecule has 1 atom stereocenters. The van der Waals surface area contributed by atoms with Gasteiger partial charge >= 0.3 is 11.9 Å². The third-order valence-electron chi connectivity index (χ3n) is 4.76. The van der Waals surface area contributed by atoms with E-state index in [-0.39, 0.29) is 29.6 Å². The molecule has 0 saturated carbocycles. The van der Waals surface area contributed by atoms with Crippen molar-refractivity contribution in [2.75, 3.05) is 6.61 Å². The predicted octanol–water partition coefficient (Wildman–Crippen LogP) is 2.38. The van der Waals surface area contributed by atoms with E-state index < -0.39 is 35.7 Å². The number of fused-ring (bicyclic) bond motifs is 2. The largest absolute Gasteiger partial charge is 0.416 e. The van der Waals surface area contributed by atoms with Crippen molar-refractivity contribution in [2.24, 2.45) is 0 Å². The van der Waals surface area contributed by atoms with Gasteiger partial charge in [0.15, 0.2) is 0 Å². The van der Waals surface area contributed by atoms with Crippen LogP contribution in [-0.2, 0) is 12.7 Å². The second kappa shape index (κ2) is 7.05. The van der Waals surface area contributed by atoms with Crippen LogP contribution in [0.25, 0.3) is 16.6 Å². The number of hydrogen-bond donors (Lipinski definition) is 2. The van der Waals surface area contributed by atoms with Crippen LogP contribution in [0.3, 0.4) is 0 Å². The smallest absolute Gasteiger partial charge is 0.394 e. The molecule has 6 nitrogen and oxygen atoms in total. The summed E-state index contributed by atoms with van der Waals surface area (Å²) >= 11 is 1.19. The molecule has 1 aromatic heterocycles. The number of para-hydroxylation sites is 1. The Morgan fingerprint density at radius 3 is 2.55 bits per heavy atom. The molecule has 10 heteroatoms. The molecule has 0 radical (unpaired) electrons. The van der Waals surface area contributed by atoms with Crippen LogP contribution < -0.4 is 11.2 Å². The lowest BCUT2D eigenvalue weighted by Crippen LogP contribution is -2.41. The van der Waals surface area contributed by atoms with E-state index >= 15 is 0 Å². The summed E-state index contributed by atoms with van der Waals surface area (Å²) in [4.78, 5) is 27.0. The molecule has 0 bridgehead atoms. The van der Waals surface area contributed by atoms with E-state index in [9.17, 15) is 27.9 Å². The summed E-state index contributed by atoms with van der Waals surface area (Å²) in [5, 5.41) is 18.7. The van der Waals surface area contributed by atoms with Gasteiger partial charge in [-0.3, -0.25) is 13.9 Å². The number of aromatic nitrogens is 2. The van der Waals surface area contributed by atoms with E-state index in [1.807, 2.05) is 0 Å². The number of halogens is 3. The Kier molecular flexibility index (Phi) is 4.80. The molecule has 0 fully saturated rings. The Hall–Kier alpha value is -2.56. The number of aliphatic hydroxyl groups is 2. The molecule has 2 N–H and O–H groups in total. The van der Waals surface area contributed by atoms with Crippen molar-refractivity contribution in [3.8, 4) is 5.69 Å². The molecule has 0 saturated heterocycles. The van der Waals surface area contributed by atoms with Crippen LogP contribution in [0.4, 0.5) is 13.2 Å². The fraction of sp³-hybridized carbons (Fsp3) is 0.263. The normalized spacial score (nSPS) is 14.1. The summed E-state index contributed by atoms with van der Waals surface area (Å²) < 4.78 is 41.7. The van der Waals surface area contributed by atoms with E-state index in [0.717, 1.165) is 21.3 Å². The number of hydrogen-bond acceptors (Lipinski definition) is 5. The Balaban J connectivity index is 2.03. The zero-order chi connectivity index (χ0) is 20.9. The van der Waals surface area contributed by atoms with Crippen LogP contribution in [0.5, 0.6) is 0 Å². The van der Waals surface area contributed by atoms with Gasteiger partial charge in [0.05, 0.1) is 34.9 Å². The maximum absolute atomic E-state index is 13.2. The van der Waals surface area contributed by atoms with Crippen LogP contribution in [0.1, 0.15) is 12.0 Å². The van der Waals surface area contributed by atoms with E-state index in [0.29, 0.717) is 9.79 Å². The molecular weight excluding hydrogens is 409 g/mol. The first kappa shape index (κ1) is 19.7. The summed E-state index contributed by atoms with van der Waals surface area (Å²) in [7, 11) is 0. The van der Waals surface area contributed by atoms with Crippen molar-refractivity contribution in [3.63, 3.8) is 0 Å². The van der Waals surface area contributed by atoms with Crippen molar-refractivity contribution in [3.05, 3.63) is 62.8 Å². The highest BCUT2D eigenvalue weighted by Gasteiger charge is 2.33. The highest BCUT2D eigenvalue weighted by molar-refractivity contribution is 7.99. The summed E-state index contributed by atoms with van der Waals surface area (Å²) in [6, 6.07) is 8.01. The van der Waals surface area contributed by atoms with E-state index in [4.69, 9.17) is 5.11 Å². The van der Waals surface area contributed by atoms with Gasteiger partial charge in [0.25, 0.3) is 5.56 Å². The second-order valence-electron chi connectivity index (χ2n) is 6.63. The molecule has 1 aliphatic heterocycles. The van der Waals surface area contributed by atoms with Gasteiger partial charge < -0.3 is 10.2 Å². The van der Waals surface area contributed by atoms with Crippen molar-refractivity contribution >= 4 is 22.7 Å². The summed E-state index contributed by atoms with van der Waals surface area (Å²) in [5.41, 5.74) is -1.97. The highest BCUT2D eigenvalue weighted by atomic mass is 32.2. The molecule has 1 aliphatic rings. The molecule has 2 heterocycles. The number of nitrogens with zero attached hydrogens (tertiary/aromatic N) is 2. The zero-order valence-electron chi connectivity index (χ0n) is 14.8. The van der Waals surface area contributed by atoms with Crippen LogP contribution in [0.15, 0.2) is 55.8 Å². The van der Waals surface area contributed by atoms with Crippen molar-refractivity contribution in [1.29, 1.82) is 0 Å². The van der Waals surface area contributed by atoms with E-state index in [2.05, 4.69) is 0 Å². The van der Waals surface area contributed by atoms with Crippen molar-refractivity contribution in [2.45, 2.75) is 35.0 Å². The van der Waals surface area contributed by atoms with Gasteiger partial charge in [-0.05, 0) is 36.8 Å². The summed E-state index contributed by atoms with van der Waals surface area (Å²) in [5.74, 6) is 0. The Bertz CT molecular complexity index is 1230. The van der Waals surface area contributed by atoms with E-state index in [1.54, 1.807) is 12.1 Å². The van der Waals surface area contributed by atoms with Gasteiger partial charge in [0.2, 0.25) is 0 Å². The Labute approximate surface area is 165 Å². The third kappa shape index (κ3) is 3.26. The van der Waals surface area contributed by atoms with Crippen LogP contribution >= 0.6 is 11.8 Å². The fourth-order valence-electron chi connectivity index (χ4n) is 3.32. The maximum atomic E-state index is 13.2. The lowest BCUT2D eigenvalue weighted by molar-refractivity contribution is -0.137. The summed E-state index contributed by atoms with van der Waals surface area (Å²) in [6.45, 7) is -0.712. The molecule has 4 rings (SSSR count). The number of alkyl halides is 3. The lowest BCUT2D eigenvalue weighted by atomic mass is 10.1. The minimum atomic E-state index is -4.58. The molecule has 152 valence electrons. The topological polar surface area (TPSA) is 84.5 Å². The predicted molar refractivity (Wildman–Crippen MR) is 101 cm³/mol. The van der Waals surface area contributed by atoms with Crippen LogP contribution in [-0.4, -0.2) is 32.1 Å². The Morgan fingerprint density at radius 1 is 1.10 bits per heavy atom. The average molecular weight is 424 g/mol. The molecule has 0 amide bonds. The first-order valence-corrected chi connectivity index (χ1v) is 9.51. The number of benzene rings is 2. The van der Waals surface area contributed by atoms with Crippen molar-refractivity contribution < 1.29 is 23.4 Å². The molecule has 0 aliphatic carbocycles. The second-order valence-corrected chi connectivity index (χ2v) is 7.72. The molecule has 29 heavy (non-hydrogen) atoms. The molecule has 0 spiro atoms. The van der Waals surface area contributed by atoms with Gasteiger partial charge in [-0.15, -0.1) is 0 Å². The van der Waals surface area contributed by atoms with Crippen LogP contribution in [0, 0.1) is 0 Å². The minimum Gasteiger partial charge on any atom is -0.394 e. The molecular formula is C19H15F3N2O4S. The first-order valence-electron chi connectivity index (χ1n) is 8.69. The average Bonchev–Trinajstić information content (AvgIpc) is 2.69. The highest BCUT2D eigenvalue weighted by Crippen LogP contribution is 2.43. The molecule has 2 aromatic carbocycles. The first-order chi connectivity index (χ1) is 13.7. The van der Waals surface area contributed by atoms with Gasteiger partial charge in [0.1, 0.15) is 0 Å². The van der Waals surface area contributed by atoms with Gasteiger partial charge in [-0.2, -0.15) is 13.2 Å². The van der Waals surface area contributed by atoms with Crippen LogP contribution in [0.2, 0.25) is 0 Å². The monoisotopic (exact) mass is 424 g/mol. The minimum absolute atomic E-state index is 0.0509. The lowest BCUT2D eigenvalue weighted by Gasteiger charge is -2.24. The van der Waals surface area contributed by atoms with Gasteiger partial charge in [0, 0.05) is 16.3 Å². The van der Waals surface area contributed by atoms with Crippen molar-refractivity contribution in [1.82, 2.24) is 9.13 Å². The zero-order valence-corrected chi connectivity index (χ0v) is 15.6. The fourth-order valence-corrected chi connectivity index (χ4v) is 4.39. The maximum Gasteiger partial charge on any atom is 0.416 e. The SMILES string of the molecule is O=c1c2cccc3c2n(c(=O)n1CCC(O)CO)-c1cc(C(F)(F)F)ccc1S3. The number of aliphatic hydroxyl groups excluding tert-OH is 2. The number of rotatable bonds is 4. The molecule has 1 unspecified atom stereocenters. The van der Waals surface area contributed by atoms with Gasteiger partial charge in [-0.25, -0.2) is 4.79 Å². The Morgan fingerprint density at radius 2 is 1.86 bits per heavy atom. The quantitative estimate of drug-likeness (QED) is 0.526. The third-order valence-corrected chi connectivity index (χ3v) is 5.88. The molecule has 3 aromatic rings. The standard InChI is InChI=1S/C19H15F3N2O4S/c20-19(21,22)10-4-5-14-13(8-10)24-16-12(2-1-3-15(16)29-14)17(27)23(18(24)28)7-6-11(26)9-25/h1-5,8,11,25-26H,6-7,9H2.